The van der Waals surface area contributed by atoms with Crippen molar-refractivity contribution in [2.75, 3.05) is 37.9 Å². The van der Waals surface area contributed by atoms with Crippen LogP contribution in [0.4, 0.5) is 5.69 Å². The first-order valence-corrected chi connectivity index (χ1v) is 11.3. The molecule has 0 aliphatic carbocycles. The van der Waals surface area contributed by atoms with Gasteiger partial charge in [-0.3, -0.25) is 4.79 Å². The van der Waals surface area contributed by atoms with Crippen LogP contribution in [0.3, 0.4) is 0 Å². The van der Waals surface area contributed by atoms with Gasteiger partial charge in [-0.15, -0.1) is 0 Å². The van der Waals surface area contributed by atoms with Gasteiger partial charge in [0.15, 0.2) is 0 Å². The highest BCUT2D eigenvalue weighted by molar-refractivity contribution is 7.88. The van der Waals surface area contributed by atoms with E-state index in [0.717, 1.165) is 6.26 Å². The first-order valence-electron chi connectivity index (χ1n) is 9.41. The molecule has 1 fully saturated rings. The first-order chi connectivity index (χ1) is 13.7. The number of amides is 1. The summed E-state index contributed by atoms with van der Waals surface area (Å²) in [6, 6.07) is 4.23. The monoisotopic (exact) mass is 426 g/mol. The minimum absolute atomic E-state index is 0.125. The van der Waals surface area contributed by atoms with Gasteiger partial charge in [-0.25, -0.2) is 22.3 Å². The molecule has 0 unspecified atom stereocenters. The predicted octanol–water partition coefficient (Wildman–Crippen LogP) is 1.65. The molecule has 1 aromatic carbocycles. The van der Waals surface area contributed by atoms with Crippen LogP contribution >= 0.6 is 0 Å². The van der Waals surface area contributed by atoms with Gasteiger partial charge in [-0.1, -0.05) is 0 Å². The second kappa shape index (κ2) is 9.84. The molecule has 160 valence electrons. The fraction of sp³-hybridized carbons (Fsp3) is 0.526. The molecule has 1 heterocycles. The normalized spacial score (nSPS) is 15.6. The van der Waals surface area contributed by atoms with E-state index in [1.54, 1.807) is 13.8 Å². The zero-order valence-electron chi connectivity index (χ0n) is 16.8. The van der Waals surface area contributed by atoms with E-state index < -0.39 is 22.0 Å². The number of nitrogens with zero attached hydrogens (tertiary/aromatic N) is 1. The quantitative estimate of drug-likeness (QED) is 0.659. The van der Waals surface area contributed by atoms with E-state index in [4.69, 9.17) is 9.47 Å². The molecule has 0 atom stereocenters. The van der Waals surface area contributed by atoms with Crippen molar-refractivity contribution in [3.63, 3.8) is 0 Å². The number of piperidine rings is 1. The predicted molar refractivity (Wildman–Crippen MR) is 106 cm³/mol. The molecule has 10 heteroatoms. The molecule has 1 N–H and O–H groups in total. The maximum absolute atomic E-state index is 12.6. The third-order valence-electron chi connectivity index (χ3n) is 4.52. The van der Waals surface area contributed by atoms with E-state index in [1.807, 2.05) is 0 Å². The average molecular weight is 426 g/mol. The van der Waals surface area contributed by atoms with Gasteiger partial charge in [0.25, 0.3) is 0 Å². The minimum atomic E-state index is -3.28. The highest BCUT2D eigenvalue weighted by atomic mass is 32.2. The van der Waals surface area contributed by atoms with Gasteiger partial charge in [-0.2, -0.15) is 0 Å². The zero-order chi connectivity index (χ0) is 21.6. The van der Waals surface area contributed by atoms with Crippen molar-refractivity contribution in [2.45, 2.75) is 26.7 Å². The Bertz CT molecular complexity index is 838. The summed E-state index contributed by atoms with van der Waals surface area (Å²) in [5.74, 6) is -1.90. The summed E-state index contributed by atoms with van der Waals surface area (Å²) >= 11 is 0. The average Bonchev–Trinajstić information content (AvgIpc) is 2.67. The van der Waals surface area contributed by atoms with Gasteiger partial charge in [0.2, 0.25) is 15.9 Å². The van der Waals surface area contributed by atoms with Gasteiger partial charge in [0.1, 0.15) is 0 Å². The van der Waals surface area contributed by atoms with Crippen LogP contribution in [0.2, 0.25) is 0 Å². The van der Waals surface area contributed by atoms with Crippen molar-refractivity contribution in [3.05, 3.63) is 29.3 Å². The summed E-state index contributed by atoms with van der Waals surface area (Å²) in [7, 11) is -3.28. The summed E-state index contributed by atoms with van der Waals surface area (Å²) in [5, 5.41) is 2.72. The van der Waals surface area contributed by atoms with Gasteiger partial charge in [-0.05, 0) is 44.9 Å². The number of hydrogen-bond donors (Lipinski definition) is 1. The van der Waals surface area contributed by atoms with Crippen LogP contribution in [0, 0.1) is 5.92 Å². The molecule has 1 aliphatic heterocycles. The molecule has 9 nitrogen and oxygen atoms in total. The number of sulfonamides is 1. The Morgan fingerprint density at radius 1 is 1.00 bits per heavy atom. The van der Waals surface area contributed by atoms with Crippen LogP contribution in [0.1, 0.15) is 47.4 Å². The SMILES string of the molecule is CCOC(=O)c1cc(NC(=O)C2CCN(S(C)(=O)=O)CC2)cc(C(=O)OCC)c1. The van der Waals surface area contributed by atoms with Gasteiger partial charge in [0.05, 0.1) is 30.6 Å². The summed E-state index contributed by atoms with van der Waals surface area (Å²) in [6.45, 7) is 4.21. The standard InChI is InChI=1S/C19H26N2O7S/c1-4-27-18(23)14-10-15(19(24)28-5-2)12-16(11-14)20-17(22)13-6-8-21(9-7-13)29(3,25)26/h10-13H,4-9H2,1-3H3,(H,20,22). The second-order valence-electron chi connectivity index (χ2n) is 6.67. The number of nitrogens with one attached hydrogen (secondary N) is 1. The van der Waals surface area contributed by atoms with E-state index in [0.29, 0.717) is 12.8 Å². The number of rotatable bonds is 7. The lowest BCUT2D eigenvalue weighted by Gasteiger charge is -2.29. The largest absolute Gasteiger partial charge is 0.462 e. The Labute approximate surface area is 170 Å². The summed E-state index contributed by atoms with van der Waals surface area (Å²) in [5.41, 5.74) is 0.522. The van der Waals surface area contributed by atoms with Crippen molar-refractivity contribution < 1.29 is 32.3 Å². The smallest absolute Gasteiger partial charge is 0.338 e. The van der Waals surface area contributed by atoms with E-state index in [-0.39, 0.29) is 54.9 Å². The fourth-order valence-electron chi connectivity index (χ4n) is 3.06. The number of carbonyl (C=O) groups excluding carboxylic acids is 3. The maximum atomic E-state index is 12.6. The molecule has 0 bridgehead atoms. The summed E-state index contributed by atoms with van der Waals surface area (Å²) in [4.78, 5) is 36.8. The van der Waals surface area contributed by atoms with Gasteiger partial charge < -0.3 is 14.8 Å². The molecular formula is C19H26N2O7S. The number of benzene rings is 1. The molecule has 0 aromatic heterocycles. The molecular weight excluding hydrogens is 400 g/mol. The van der Waals surface area contributed by atoms with Crippen LogP contribution in [-0.4, -0.2) is 63.1 Å². The van der Waals surface area contributed by atoms with Crippen molar-refractivity contribution in [3.8, 4) is 0 Å². The molecule has 2 rings (SSSR count). The molecule has 29 heavy (non-hydrogen) atoms. The van der Waals surface area contributed by atoms with Crippen LogP contribution < -0.4 is 5.32 Å². The number of ether oxygens (including phenoxy) is 2. The molecule has 1 aromatic rings. The molecule has 1 saturated heterocycles. The maximum Gasteiger partial charge on any atom is 0.338 e. The van der Waals surface area contributed by atoms with Gasteiger partial charge >= 0.3 is 11.9 Å². The van der Waals surface area contributed by atoms with Crippen molar-refractivity contribution in [1.29, 1.82) is 0 Å². The second-order valence-corrected chi connectivity index (χ2v) is 8.65. The fourth-order valence-corrected chi connectivity index (χ4v) is 3.93. The lowest BCUT2D eigenvalue weighted by atomic mass is 9.97. The van der Waals surface area contributed by atoms with Crippen LogP contribution in [0.25, 0.3) is 0 Å². The third kappa shape index (κ3) is 6.26. The lowest BCUT2D eigenvalue weighted by molar-refractivity contribution is -0.120. The van der Waals surface area contributed by atoms with Crippen LogP contribution in [0.15, 0.2) is 18.2 Å². The Hall–Kier alpha value is -2.46. The Morgan fingerprint density at radius 2 is 1.48 bits per heavy atom. The number of hydrogen-bond acceptors (Lipinski definition) is 7. The molecule has 0 radical (unpaired) electrons. The van der Waals surface area contributed by atoms with Crippen LogP contribution in [-0.2, 0) is 24.3 Å². The van der Waals surface area contributed by atoms with Gasteiger partial charge in [0, 0.05) is 24.7 Å². The molecule has 0 saturated carbocycles. The van der Waals surface area contributed by atoms with E-state index in [2.05, 4.69) is 5.32 Å². The van der Waals surface area contributed by atoms with E-state index >= 15 is 0 Å². The third-order valence-corrected chi connectivity index (χ3v) is 5.82. The Balaban J connectivity index is 2.17. The Morgan fingerprint density at radius 3 is 1.90 bits per heavy atom. The molecule has 1 aliphatic rings. The first kappa shape index (κ1) is 22.8. The number of anilines is 1. The molecule has 0 spiro atoms. The zero-order valence-corrected chi connectivity index (χ0v) is 17.6. The minimum Gasteiger partial charge on any atom is -0.462 e. The van der Waals surface area contributed by atoms with E-state index in [1.165, 1.54) is 22.5 Å². The highest BCUT2D eigenvalue weighted by Gasteiger charge is 2.29. The van der Waals surface area contributed by atoms with Crippen LogP contribution in [0.5, 0.6) is 0 Å². The van der Waals surface area contributed by atoms with Crippen molar-refractivity contribution in [2.24, 2.45) is 5.92 Å². The summed E-state index contributed by atoms with van der Waals surface area (Å²) < 4.78 is 34.5. The van der Waals surface area contributed by atoms with E-state index in [9.17, 15) is 22.8 Å². The molecule has 1 amide bonds. The number of esters is 2. The lowest BCUT2D eigenvalue weighted by Crippen LogP contribution is -2.40. The Kier molecular flexibility index (Phi) is 7.74. The number of carbonyl (C=O) groups is 3. The van der Waals surface area contributed by atoms with Crippen molar-refractivity contribution in [1.82, 2.24) is 4.31 Å². The topological polar surface area (TPSA) is 119 Å². The van der Waals surface area contributed by atoms with Crippen molar-refractivity contribution >= 4 is 33.6 Å². The highest BCUT2D eigenvalue weighted by Crippen LogP contribution is 2.23. The summed E-state index contributed by atoms with van der Waals surface area (Å²) in [6.07, 6.45) is 1.92.